The molecule has 0 saturated heterocycles. The molecule has 0 aromatic heterocycles. The fraction of sp³-hybridized carbons (Fsp3) is 0.125. The Balaban J connectivity index is 3.04. The minimum Gasteiger partial charge on any atom is -0.198 e. The SMILES string of the molecule is N#CCc1ccc(N=O)cc1Br. The second kappa shape index (κ2) is 3.98. The van der Waals surface area contributed by atoms with E-state index in [0.717, 1.165) is 10.0 Å². The van der Waals surface area contributed by atoms with Crippen molar-refractivity contribution in [1.29, 1.82) is 5.26 Å². The van der Waals surface area contributed by atoms with Crippen molar-refractivity contribution in [2.45, 2.75) is 6.42 Å². The Morgan fingerprint density at radius 3 is 2.83 bits per heavy atom. The van der Waals surface area contributed by atoms with Gasteiger partial charge in [-0.2, -0.15) is 5.26 Å². The first-order chi connectivity index (χ1) is 5.77. The third kappa shape index (κ3) is 1.89. The van der Waals surface area contributed by atoms with Crippen molar-refractivity contribution in [2.75, 3.05) is 0 Å². The van der Waals surface area contributed by atoms with Crippen LogP contribution < -0.4 is 0 Å². The molecule has 0 fully saturated rings. The van der Waals surface area contributed by atoms with Gasteiger partial charge in [-0.05, 0) is 22.9 Å². The van der Waals surface area contributed by atoms with Crippen molar-refractivity contribution in [3.05, 3.63) is 33.1 Å². The highest BCUT2D eigenvalue weighted by Gasteiger charge is 2.00. The van der Waals surface area contributed by atoms with Crippen LogP contribution in [0.2, 0.25) is 0 Å². The zero-order chi connectivity index (χ0) is 8.97. The molecule has 4 heteroatoms. The van der Waals surface area contributed by atoms with Crippen LogP contribution in [0.4, 0.5) is 5.69 Å². The Morgan fingerprint density at radius 1 is 1.58 bits per heavy atom. The number of nitroso groups, excluding NO2 is 1. The third-order valence-corrected chi connectivity index (χ3v) is 2.15. The lowest BCUT2D eigenvalue weighted by molar-refractivity contribution is 1.24. The van der Waals surface area contributed by atoms with Crippen LogP contribution >= 0.6 is 15.9 Å². The monoisotopic (exact) mass is 224 g/mol. The lowest BCUT2D eigenvalue weighted by Gasteiger charge is -1.97. The number of hydrogen-bond acceptors (Lipinski definition) is 3. The fourth-order valence-corrected chi connectivity index (χ4v) is 1.33. The first kappa shape index (κ1) is 8.88. The van der Waals surface area contributed by atoms with E-state index in [0.29, 0.717) is 12.1 Å². The number of nitrogens with zero attached hydrogens (tertiary/aromatic N) is 2. The summed E-state index contributed by atoms with van der Waals surface area (Å²) < 4.78 is 0.751. The molecule has 0 heterocycles. The maximum atomic E-state index is 10.1. The van der Waals surface area contributed by atoms with Gasteiger partial charge in [-0.1, -0.05) is 22.0 Å². The quantitative estimate of drug-likeness (QED) is 0.726. The van der Waals surface area contributed by atoms with Crippen LogP contribution in [0.3, 0.4) is 0 Å². The predicted octanol–water partition coefficient (Wildman–Crippen LogP) is 2.91. The molecule has 3 nitrogen and oxygen atoms in total. The molecular formula is C8H5BrN2O. The molecule has 1 aromatic carbocycles. The van der Waals surface area contributed by atoms with Gasteiger partial charge in [-0.3, -0.25) is 0 Å². The first-order valence-electron chi connectivity index (χ1n) is 3.26. The smallest absolute Gasteiger partial charge is 0.109 e. The highest BCUT2D eigenvalue weighted by molar-refractivity contribution is 9.10. The summed E-state index contributed by atoms with van der Waals surface area (Å²) in [4.78, 5) is 10.1. The van der Waals surface area contributed by atoms with Gasteiger partial charge in [0.2, 0.25) is 0 Å². The van der Waals surface area contributed by atoms with E-state index in [2.05, 4.69) is 21.1 Å². The minimum atomic E-state index is 0.333. The van der Waals surface area contributed by atoms with Gasteiger partial charge in [-0.15, -0.1) is 4.91 Å². The van der Waals surface area contributed by atoms with Crippen molar-refractivity contribution in [3.63, 3.8) is 0 Å². The van der Waals surface area contributed by atoms with Crippen molar-refractivity contribution in [1.82, 2.24) is 0 Å². The highest BCUT2D eigenvalue weighted by atomic mass is 79.9. The molecule has 0 spiro atoms. The second-order valence-corrected chi connectivity index (χ2v) is 3.06. The van der Waals surface area contributed by atoms with E-state index >= 15 is 0 Å². The molecule has 0 amide bonds. The van der Waals surface area contributed by atoms with Gasteiger partial charge in [0, 0.05) is 4.47 Å². The Bertz CT molecular complexity index is 343. The number of halogens is 1. The Kier molecular flexibility index (Phi) is 2.94. The summed E-state index contributed by atoms with van der Waals surface area (Å²) in [6.45, 7) is 0. The van der Waals surface area contributed by atoms with E-state index in [1.54, 1.807) is 18.2 Å². The average Bonchev–Trinajstić information content (AvgIpc) is 2.09. The van der Waals surface area contributed by atoms with Crippen molar-refractivity contribution in [3.8, 4) is 6.07 Å². The van der Waals surface area contributed by atoms with Crippen LogP contribution in [0, 0.1) is 16.2 Å². The van der Waals surface area contributed by atoms with Gasteiger partial charge in [-0.25, -0.2) is 0 Å². The van der Waals surface area contributed by atoms with E-state index in [-0.39, 0.29) is 0 Å². The zero-order valence-corrected chi connectivity index (χ0v) is 7.71. The molecule has 1 rings (SSSR count). The van der Waals surface area contributed by atoms with Crippen LogP contribution in [0.15, 0.2) is 27.8 Å². The van der Waals surface area contributed by atoms with Gasteiger partial charge in [0.1, 0.15) is 5.69 Å². The molecule has 0 aliphatic heterocycles. The number of benzene rings is 1. The maximum Gasteiger partial charge on any atom is 0.109 e. The van der Waals surface area contributed by atoms with Crippen LogP contribution in [0.5, 0.6) is 0 Å². The molecular weight excluding hydrogens is 220 g/mol. The van der Waals surface area contributed by atoms with Crippen LogP contribution in [-0.4, -0.2) is 0 Å². The van der Waals surface area contributed by atoms with Crippen LogP contribution in [0.1, 0.15) is 5.56 Å². The predicted molar refractivity (Wildman–Crippen MR) is 48.9 cm³/mol. The lowest BCUT2D eigenvalue weighted by atomic mass is 10.1. The molecule has 0 saturated carbocycles. The summed E-state index contributed by atoms with van der Waals surface area (Å²) >= 11 is 3.24. The zero-order valence-electron chi connectivity index (χ0n) is 6.12. The highest BCUT2D eigenvalue weighted by Crippen LogP contribution is 2.23. The topological polar surface area (TPSA) is 53.2 Å². The molecule has 12 heavy (non-hydrogen) atoms. The summed E-state index contributed by atoms with van der Waals surface area (Å²) in [6, 6.07) is 6.92. The molecule has 0 atom stereocenters. The normalized spacial score (nSPS) is 9.00. The number of hydrogen-bond donors (Lipinski definition) is 0. The largest absolute Gasteiger partial charge is 0.198 e. The number of rotatable bonds is 2. The van der Waals surface area contributed by atoms with E-state index in [1.807, 2.05) is 6.07 Å². The second-order valence-electron chi connectivity index (χ2n) is 2.20. The van der Waals surface area contributed by atoms with Gasteiger partial charge < -0.3 is 0 Å². The van der Waals surface area contributed by atoms with Gasteiger partial charge in [0.15, 0.2) is 0 Å². The van der Waals surface area contributed by atoms with Crippen LogP contribution in [-0.2, 0) is 6.42 Å². The van der Waals surface area contributed by atoms with Gasteiger partial charge in [0.25, 0.3) is 0 Å². The Hall–Kier alpha value is -1.21. The molecule has 0 bridgehead atoms. The molecule has 0 N–H and O–H groups in total. The van der Waals surface area contributed by atoms with Crippen molar-refractivity contribution in [2.24, 2.45) is 5.18 Å². The molecule has 1 aromatic rings. The summed E-state index contributed by atoms with van der Waals surface area (Å²) in [5, 5.41) is 11.2. The van der Waals surface area contributed by atoms with E-state index < -0.39 is 0 Å². The fourth-order valence-electron chi connectivity index (χ4n) is 0.822. The van der Waals surface area contributed by atoms with Crippen LogP contribution in [0.25, 0.3) is 0 Å². The molecule has 0 aliphatic carbocycles. The Labute approximate surface area is 78.1 Å². The summed E-state index contributed by atoms with van der Waals surface area (Å²) in [5.41, 5.74) is 1.23. The molecule has 0 aliphatic rings. The van der Waals surface area contributed by atoms with Crippen molar-refractivity contribution >= 4 is 21.6 Å². The van der Waals surface area contributed by atoms with E-state index in [1.165, 1.54) is 0 Å². The summed E-state index contributed by atoms with van der Waals surface area (Å²) in [5.74, 6) is 0. The molecule has 60 valence electrons. The summed E-state index contributed by atoms with van der Waals surface area (Å²) in [6.07, 6.45) is 0.333. The summed E-state index contributed by atoms with van der Waals surface area (Å²) in [7, 11) is 0. The lowest BCUT2D eigenvalue weighted by Crippen LogP contribution is -1.82. The standard InChI is InChI=1S/C8H5BrN2O/c9-8-5-7(11-12)2-1-6(8)3-4-10/h1-2,5H,3H2. The molecule has 0 radical (unpaired) electrons. The first-order valence-corrected chi connectivity index (χ1v) is 4.06. The maximum absolute atomic E-state index is 10.1. The average molecular weight is 225 g/mol. The molecule has 0 unspecified atom stereocenters. The third-order valence-electron chi connectivity index (χ3n) is 1.41. The van der Waals surface area contributed by atoms with Crippen molar-refractivity contribution < 1.29 is 0 Å². The van der Waals surface area contributed by atoms with Gasteiger partial charge >= 0.3 is 0 Å². The number of nitriles is 1. The minimum absolute atomic E-state index is 0.333. The Morgan fingerprint density at radius 2 is 2.33 bits per heavy atom. The van der Waals surface area contributed by atoms with E-state index in [9.17, 15) is 4.91 Å². The van der Waals surface area contributed by atoms with Gasteiger partial charge in [0.05, 0.1) is 12.5 Å². The van der Waals surface area contributed by atoms with E-state index in [4.69, 9.17) is 5.26 Å².